The number of rotatable bonds is 2. The Morgan fingerprint density at radius 3 is 2.33 bits per heavy atom. The van der Waals surface area contributed by atoms with Gasteiger partial charge < -0.3 is 19.8 Å². The molecule has 0 saturated heterocycles. The van der Waals surface area contributed by atoms with Crippen molar-refractivity contribution in [3.8, 4) is 28.3 Å². The lowest BCUT2D eigenvalue weighted by molar-refractivity contribution is 0.0920. The molecule has 0 radical (unpaired) electrons. The molecule has 9 nitrogen and oxygen atoms in total. The lowest BCUT2D eigenvalue weighted by Crippen LogP contribution is -2.35. The Bertz CT molecular complexity index is 2220. The van der Waals surface area contributed by atoms with Crippen LogP contribution in [0.5, 0.6) is 0 Å². The molecular weight excluding hydrogens is 593 g/mol. The Morgan fingerprint density at radius 2 is 1.58 bits per heavy atom. The van der Waals surface area contributed by atoms with Gasteiger partial charge in [-0.3, -0.25) is 14.6 Å². The van der Waals surface area contributed by atoms with Gasteiger partial charge in [-0.25, -0.2) is 4.98 Å². The number of aromatic nitrogens is 4. The molecule has 0 spiro atoms. The first-order chi connectivity index (χ1) is 21.8. The third kappa shape index (κ3) is 4.87. The molecule has 6 aromatic rings. The monoisotopic (exact) mass is 617 g/mol. The van der Waals surface area contributed by atoms with Crippen molar-refractivity contribution >= 4 is 45.2 Å². The van der Waals surface area contributed by atoms with Crippen molar-refractivity contribution in [1.82, 2.24) is 29.7 Å². The quantitative estimate of drug-likeness (QED) is 0.236. The Kier molecular flexibility index (Phi) is 7.03. The van der Waals surface area contributed by atoms with E-state index in [2.05, 4.69) is 26.7 Å². The van der Waals surface area contributed by atoms with Crippen LogP contribution in [0.2, 0.25) is 5.02 Å². The van der Waals surface area contributed by atoms with E-state index >= 15 is 0 Å². The van der Waals surface area contributed by atoms with Crippen molar-refractivity contribution in [2.45, 2.75) is 20.0 Å². The predicted molar refractivity (Wildman–Crippen MR) is 169 cm³/mol. The number of halogens is 2. The van der Waals surface area contributed by atoms with E-state index in [1.807, 2.05) is 52.5 Å². The molecule has 222 valence electrons. The summed E-state index contributed by atoms with van der Waals surface area (Å²) in [5.74, 6) is -0.704. The number of aryl methyl sites for hydroxylation is 1. The molecule has 2 aromatic carbocycles. The molecule has 8 rings (SSSR count). The van der Waals surface area contributed by atoms with Crippen LogP contribution in [0.3, 0.4) is 0 Å². The highest BCUT2D eigenvalue weighted by molar-refractivity contribution is 6.32. The van der Waals surface area contributed by atoms with Gasteiger partial charge in [0.25, 0.3) is 11.8 Å². The lowest BCUT2D eigenvalue weighted by atomic mass is 10.0. The first-order valence-corrected chi connectivity index (χ1v) is 14.7. The Hall–Kier alpha value is -5.53. The van der Waals surface area contributed by atoms with Gasteiger partial charge in [0.05, 0.1) is 22.7 Å². The second kappa shape index (κ2) is 11.2. The number of carbonyl (C=O) groups excluding carboxylic acids is 2. The van der Waals surface area contributed by atoms with E-state index in [1.165, 1.54) is 12.3 Å². The van der Waals surface area contributed by atoms with E-state index in [0.717, 1.165) is 50.6 Å². The molecule has 2 aliphatic rings. The smallest absolute Gasteiger partial charge is 0.268 e. The first-order valence-electron chi connectivity index (χ1n) is 14.3. The molecule has 2 amide bonds. The fourth-order valence-electron chi connectivity index (χ4n) is 6.31. The normalized spacial score (nSPS) is 13.7. The van der Waals surface area contributed by atoms with E-state index in [0.29, 0.717) is 47.2 Å². The Morgan fingerprint density at radius 1 is 0.867 bits per heavy atom. The molecular formula is C34H25ClFN7O2. The summed E-state index contributed by atoms with van der Waals surface area (Å²) in [6, 6.07) is 18.4. The van der Waals surface area contributed by atoms with Crippen LogP contribution in [0.4, 0.5) is 4.39 Å². The SMILES string of the molecule is Cc1c2n(c3c(-c4ccnc(F)c4)cc(Cl)cc13)CCNC2=O.N#Cc1cc(-c2ccncc2)c2c(c1)cc1n2CCNC1=O. The van der Waals surface area contributed by atoms with E-state index in [4.69, 9.17) is 11.6 Å². The standard InChI is InChI=1S/C17H13ClFN3O.C17H12N4O/c1-9-12-7-11(18)8-13(10-2-3-20-14(19)6-10)16(12)22-5-4-21-17(23)15(9)22;18-10-11-7-13-9-15-17(22)20-5-6-21(15)16(13)14(8-11)12-1-3-19-4-2-12/h2-3,6-8H,4-5H2,1H3,(H,21,23);1-4,7-9H,5-6H2,(H,20,22). The molecule has 4 aromatic heterocycles. The number of fused-ring (bicyclic) bond motifs is 6. The van der Waals surface area contributed by atoms with Gasteiger partial charge in [0.1, 0.15) is 11.4 Å². The Labute approximate surface area is 261 Å². The summed E-state index contributed by atoms with van der Waals surface area (Å²) in [6.07, 6.45) is 4.89. The van der Waals surface area contributed by atoms with Crippen LogP contribution in [0.15, 0.2) is 73.2 Å². The van der Waals surface area contributed by atoms with Gasteiger partial charge in [-0.15, -0.1) is 0 Å². The molecule has 0 fully saturated rings. The minimum atomic E-state index is -0.546. The molecule has 11 heteroatoms. The van der Waals surface area contributed by atoms with Crippen molar-refractivity contribution in [3.05, 3.63) is 107 Å². The van der Waals surface area contributed by atoms with Crippen molar-refractivity contribution in [3.63, 3.8) is 0 Å². The van der Waals surface area contributed by atoms with Gasteiger partial charge in [-0.1, -0.05) is 11.6 Å². The largest absolute Gasteiger partial charge is 0.349 e. The minimum absolute atomic E-state index is 0.0679. The first kappa shape index (κ1) is 28.3. The molecule has 0 aliphatic carbocycles. The van der Waals surface area contributed by atoms with Crippen LogP contribution in [0.25, 0.3) is 44.1 Å². The molecule has 0 bridgehead atoms. The third-order valence-corrected chi connectivity index (χ3v) is 8.43. The van der Waals surface area contributed by atoms with E-state index in [-0.39, 0.29) is 11.8 Å². The number of amides is 2. The van der Waals surface area contributed by atoms with E-state index < -0.39 is 5.95 Å². The van der Waals surface area contributed by atoms with Gasteiger partial charge in [0.2, 0.25) is 5.95 Å². The zero-order chi connectivity index (χ0) is 31.2. The number of carbonyl (C=O) groups is 2. The van der Waals surface area contributed by atoms with Gasteiger partial charge in [-0.2, -0.15) is 9.65 Å². The summed E-state index contributed by atoms with van der Waals surface area (Å²) in [7, 11) is 0. The number of nitrogens with zero attached hydrogens (tertiary/aromatic N) is 5. The molecule has 2 aliphatic heterocycles. The van der Waals surface area contributed by atoms with Crippen molar-refractivity contribution in [2.75, 3.05) is 13.1 Å². The third-order valence-electron chi connectivity index (χ3n) is 8.21. The van der Waals surface area contributed by atoms with Crippen LogP contribution >= 0.6 is 11.6 Å². The summed E-state index contributed by atoms with van der Waals surface area (Å²) >= 11 is 6.27. The molecule has 6 heterocycles. The summed E-state index contributed by atoms with van der Waals surface area (Å²) in [5.41, 5.74) is 8.10. The predicted octanol–water partition coefficient (Wildman–Crippen LogP) is 5.87. The molecule has 0 unspecified atom stereocenters. The van der Waals surface area contributed by atoms with Crippen LogP contribution in [0, 0.1) is 24.2 Å². The number of pyridine rings is 2. The second-order valence-electron chi connectivity index (χ2n) is 10.8. The minimum Gasteiger partial charge on any atom is -0.349 e. The van der Waals surface area contributed by atoms with Crippen molar-refractivity contribution in [2.24, 2.45) is 0 Å². The maximum absolute atomic E-state index is 13.5. The fraction of sp³-hybridized carbons (Fsp3) is 0.147. The molecule has 45 heavy (non-hydrogen) atoms. The number of nitriles is 1. The fourth-order valence-corrected chi connectivity index (χ4v) is 6.53. The summed E-state index contributed by atoms with van der Waals surface area (Å²) in [4.78, 5) is 31.9. The lowest BCUT2D eigenvalue weighted by Gasteiger charge is -2.18. The highest BCUT2D eigenvalue weighted by Gasteiger charge is 2.26. The second-order valence-corrected chi connectivity index (χ2v) is 11.3. The number of hydrogen-bond acceptors (Lipinski definition) is 5. The number of benzene rings is 2. The van der Waals surface area contributed by atoms with Gasteiger partial charge in [0, 0.05) is 77.8 Å². The van der Waals surface area contributed by atoms with Crippen molar-refractivity contribution in [1.29, 1.82) is 5.26 Å². The van der Waals surface area contributed by atoms with E-state index in [1.54, 1.807) is 24.5 Å². The summed E-state index contributed by atoms with van der Waals surface area (Å²) < 4.78 is 17.6. The van der Waals surface area contributed by atoms with E-state index in [9.17, 15) is 19.2 Å². The van der Waals surface area contributed by atoms with Gasteiger partial charge in [-0.05, 0) is 72.1 Å². The number of nitrogens with one attached hydrogen (secondary N) is 2. The van der Waals surface area contributed by atoms with Crippen LogP contribution in [0.1, 0.15) is 32.1 Å². The van der Waals surface area contributed by atoms with Crippen LogP contribution in [-0.4, -0.2) is 44.0 Å². The zero-order valence-corrected chi connectivity index (χ0v) is 24.8. The highest BCUT2D eigenvalue weighted by atomic mass is 35.5. The summed E-state index contributed by atoms with van der Waals surface area (Å²) in [6.45, 7) is 4.50. The average Bonchev–Trinajstić information content (AvgIpc) is 3.57. The Balaban J connectivity index is 0.000000145. The maximum atomic E-state index is 13.5. The maximum Gasteiger partial charge on any atom is 0.268 e. The zero-order valence-electron chi connectivity index (χ0n) is 24.1. The molecule has 0 atom stereocenters. The van der Waals surface area contributed by atoms with Crippen LogP contribution < -0.4 is 10.6 Å². The average molecular weight is 618 g/mol. The number of hydrogen-bond donors (Lipinski definition) is 2. The highest BCUT2D eigenvalue weighted by Crippen LogP contribution is 2.37. The summed E-state index contributed by atoms with van der Waals surface area (Å²) in [5, 5.41) is 17.4. The van der Waals surface area contributed by atoms with Crippen LogP contribution in [-0.2, 0) is 13.1 Å². The van der Waals surface area contributed by atoms with Gasteiger partial charge >= 0.3 is 0 Å². The topological polar surface area (TPSA) is 118 Å². The van der Waals surface area contributed by atoms with Gasteiger partial charge in [0.15, 0.2) is 0 Å². The molecule has 2 N–H and O–H groups in total. The van der Waals surface area contributed by atoms with Crippen molar-refractivity contribution < 1.29 is 14.0 Å². The molecule has 0 saturated carbocycles.